The van der Waals surface area contributed by atoms with Crippen LogP contribution in [0.4, 0.5) is 0 Å². The van der Waals surface area contributed by atoms with Crippen molar-refractivity contribution in [2.75, 3.05) is 0 Å². The van der Waals surface area contributed by atoms with Crippen LogP contribution in [0, 0.1) is 0 Å². The first kappa shape index (κ1) is 7.43. The Labute approximate surface area is 48.5 Å². The summed E-state index contributed by atoms with van der Waals surface area (Å²) in [5.41, 5.74) is 3.54. The lowest BCUT2D eigenvalue weighted by Crippen LogP contribution is -2.26. The zero-order chi connectivity index (χ0) is 6.78. The van der Waals surface area contributed by atoms with Gasteiger partial charge < -0.3 is 5.73 Å². The van der Waals surface area contributed by atoms with Gasteiger partial charge in [-0.2, -0.15) is 0 Å². The van der Waals surface area contributed by atoms with Gasteiger partial charge in [-0.25, -0.2) is 5.11 Å². The molecule has 3 heteroatoms. The minimum atomic E-state index is -1.20. The van der Waals surface area contributed by atoms with Gasteiger partial charge in [0.05, 0.1) is 6.42 Å². The predicted octanol–water partition coefficient (Wildman–Crippen LogP) is 0.0709. The second kappa shape index (κ2) is 2.13. The Hall–Kier alpha value is -0.570. The van der Waals surface area contributed by atoms with Crippen LogP contribution in [0.1, 0.15) is 20.3 Å². The van der Waals surface area contributed by atoms with E-state index in [0.29, 0.717) is 0 Å². The van der Waals surface area contributed by atoms with Crippen LogP contribution < -0.4 is 5.73 Å². The molecule has 0 saturated carbocycles. The van der Waals surface area contributed by atoms with Crippen LogP contribution >= 0.6 is 0 Å². The molecule has 0 heterocycles. The molecule has 47 valence electrons. The Morgan fingerprint density at radius 3 is 2.00 bits per heavy atom. The second-order valence-electron chi connectivity index (χ2n) is 2.40. The van der Waals surface area contributed by atoms with Crippen LogP contribution in [-0.4, -0.2) is 11.5 Å². The monoisotopic (exact) mass is 116 g/mol. The molecule has 0 aliphatic carbocycles. The average molecular weight is 116 g/mol. The first-order valence-corrected chi connectivity index (χ1v) is 2.40. The smallest absolute Gasteiger partial charge is 0.220 e. The van der Waals surface area contributed by atoms with Crippen LogP contribution in [-0.2, 0) is 9.90 Å². The van der Waals surface area contributed by atoms with E-state index >= 15 is 0 Å². The van der Waals surface area contributed by atoms with Crippen molar-refractivity contribution in [2.45, 2.75) is 25.9 Å². The summed E-state index contributed by atoms with van der Waals surface area (Å²) in [4.78, 5) is 10.0. The van der Waals surface area contributed by atoms with Crippen molar-refractivity contribution in [3.63, 3.8) is 0 Å². The van der Waals surface area contributed by atoms with E-state index in [9.17, 15) is 9.90 Å². The zero-order valence-corrected chi connectivity index (χ0v) is 5.10. The third-order valence-electron chi connectivity index (χ3n) is 0.600. The fraction of sp³-hybridized carbons (Fsp3) is 0.800. The molecule has 1 radical (unpaired) electrons. The van der Waals surface area contributed by atoms with Crippen LogP contribution in [0.25, 0.3) is 0 Å². The van der Waals surface area contributed by atoms with Gasteiger partial charge in [-0.3, -0.25) is 4.79 Å². The molecule has 0 aromatic heterocycles. The first-order chi connectivity index (χ1) is 3.42. The lowest BCUT2D eigenvalue weighted by Gasteiger charge is -2.09. The molecule has 0 aromatic rings. The van der Waals surface area contributed by atoms with Crippen molar-refractivity contribution >= 4 is 5.91 Å². The Balaban J connectivity index is 3.55. The molecule has 0 atom stereocenters. The number of carbonyl (C=O) groups excluding carboxylic acids is 1. The second-order valence-corrected chi connectivity index (χ2v) is 2.40. The Kier molecular flexibility index (Phi) is 1.98. The number of rotatable bonds is 2. The molecule has 2 N–H and O–H groups in total. The summed E-state index contributed by atoms with van der Waals surface area (Å²) >= 11 is 0. The largest absolute Gasteiger partial charge is 0.370 e. The van der Waals surface area contributed by atoms with E-state index in [1.807, 2.05) is 0 Å². The maximum absolute atomic E-state index is 10.6. The van der Waals surface area contributed by atoms with Gasteiger partial charge in [0, 0.05) is 0 Å². The highest BCUT2D eigenvalue weighted by molar-refractivity contribution is 5.74. The quantitative estimate of drug-likeness (QED) is 0.545. The topological polar surface area (TPSA) is 63.0 Å². The maximum Gasteiger partial charge on any atom is 0.220 e. The van der Waals surface area contributed by atoms with E-state index in [0.717, 1.165) is 0 Å². The molecule has 8 heavy (non-hydrogen) atoms. The summed E-state index contributed by atoms with van der Waals surface area (Å²) in [5, 5.41) is 10.6. The third kappa shape index (κ3) is 5.43. The van der Waals surface area contributed by atoms with Gasteiger partial charge in [-0.15, -0.1) is 0 Å². The van der Waals surface area contributed by atoms with E-state index in [1.54, 1.807) is 0 Å². The SMILES string of the molecule is CC(C)([O])CC(N)=O. The van der Waals surface area contributed by atoms with E-state index < -0.39 is 11.5 Å². The molecular formula is C5H10NO2. The highest BCUT2D eigenvalue weighted by atomic mass is 16.3. The number of hydrogen-bond donors (Lipinski definition) is 1. The Morgan fingerprint density at radius 2 is 2.00 bits per heavy atom. The Bertz CT molecular complexity index is 93.1. The minimum absolute atomic E-state index is 0.0903. The van der Waals surface area contributed by atoms with Crippen molar-refractivity contribution in [1.82, 2.24) is 0 Å². The number of nitrogens with two attached hydrogens (primary N) is 1. The van der Waals surface area contributed by atoms with Crippen LogP contribution in [0.15, 0.2) is 0 Å². The lowest BCUT2D eigenvalue weighted by atomic mass is 10.1. The van der Waals surface area contributed by atoms with Gasteiger partial charge in [0.2, 0.25) is 5.91 Å². The third-order valence-corrected chi connectivity index (χ3v) is 0.600. The van der Waals surface area contributed by atoms with Crippen molar-refractivity contribution in [3.05, 3.63) is 0 Å². The molecule has 3 nitrogen and oxygen atoms in total. The van der Waals surface area contributed by atoms with Gasteiger partial charge in [-0.05, 0) is 13.8 Å². The summed E-state index contributed by atoms with van der Waals surface area (Å²) in [6, 6.07) is 0. The van der Waals surface area contributed by atoms with Crippen molar-refractivity contribution in [1.29, 1.82) is 0 Å². The standard InChI is InChI=1S/C5H10NO2/c1-5(2,8)3-4(6)7/h3H2,1-2H3,(H2,6,7). The van der Waals surface area contributed by atoms with Gasteiger partial charge in [-0.1, -0.05) is 0 Å². The summed E-state index contributed by atoms with van der Waals surface area (Å²) in [6.45, 7) is 2.86. The minimum Gasteiger partial charge on any atom is -0.370 e. The molecule has 0 aliphatic heterocycles. The van der Waals surface area contributed by atoms with Gasteiger partial charge >= 0.3 is 0 Å². The summed E-state index contributed by atoms with van der Waals surface area (Å²) in [5.74, 6) is -0.537. The normalized spacial score (nSPS) is 11.4. The van der Waals surface area contributed by atoms with E-state index in [4.69, 9.17) is 5.73 Å². The van der Waals surface area contributed by atoms with Crippen molar-refractivity contribution in [3.8, 4) is 0 Å². The molecule has 0 unspecified atom stereocenters. The van der Waals surface area contributed by atoms with E-state index in [-0.39, 0.29) is 6.42 Å². The number of hydrogen-bond acceptors (Lipinski definition) is 1. The lowest BCUT2D eigenvalue weighted by molar-refractivity contribution is -0.123. The highest BCUT2D eigenvalue weighted by Crippen LogP contribution is 2.05. The zero-order valence-electron chi connectivity index (χ0n) is 5.10. The molecule has 0 spiro atoms. The Morgan fingerprint density at radius 1 is 1.62 bits per heavy atom. The molecule has 0 fully saturated rings. The highest BCUT2D eigenvalue weighted by Gasteiger charge is 2.17. The molecule has 0 aromatic carbocycles. The molecule has 0 aliphatic rings. The van der Waals surface area contributed by atoms with E-state index in [2.05, 4.69) is 0 Å². The molecule has 0 bridgehead atoms. The predicted molar refractivity (Wildman–Crippen MR) is 28.6 cm³/mol. The molecule has 1 amide bonds. The maximum atomic E-state index is 10.6. The van der Waals surface area contributed by atoms with Gasteiger partial charge in [0.1, 0.15) is 5.60 Å². The number of primary amides is 1. The summed E-state index contributed by atoms with van der Waals surface area (Å²) in [7, 11) is 0. The van der Waals surface area contributed by atoms with Gasteiger partial charge in [0.25, 0.3) is 0 Å². The fourth-order valence-electron chi connectivity index (χ4n) is 0.420. The fourth-order valence-corrected chi connectivity index (χ4v) is 0.420. The molecule has 0 saturated heterocycles. The summed E-state index contributed by atoms with van der Waals surface area (Å²) < 4.78 is 0. The van der Waals surface area contributed by atoms with Crippen LogP contribution in [0.3, 0.4) is 0 Å². The van der Waals surface area contributed by atoms with Gasteiger partial charge in [0.15, 0.2) is 0 Å². The van der Waals surface area contributed by atoms with Crippen molar-refractivity contribution in [2.24, 2.45) is 5.73 Å². The molecular weight excluding hydrogens is 106 g/mol. The first-order valence-electron chi connectivity index (χ1n) is 2.40. The molecule has 0 rings (SSSR count). The average Bonchev–Trinajstić information content (AvgIpc) is 1.21. The van der Waals surface area contributed by atoms with Crippen LogP contribution in [0.2, 0.25) is 0 Å². The number of carbonyl (C=O) groups is 1. The number of amides is 1. The van der Waals surface area contributed by atoms with Crippen LogP contribution in [0.5, 0.6) is 0 Å². The summed E-state index contributed by atoms with van der Waals surface area (Å²) in [6.07, 6.45) is -0.0903. The van der Waals surface area contributed by atoms with E-state index in [1.165, 1.54) is 13.8 Å². The van der Waals surface area contributed by atoms with Crippen molar-refractivity contribution < 1.29 is 9.90 Å².